The van der Waals surface area contributed by atoms with Crippen LogP contribution in [-0.2, 0) is 16.0 Å². The third-order valence-corrected chi connectivity index (χ3v) is 4.42. The topological polar surface area (TPSA) is 49.4 Å². The van der Waals surface area contributed by atoms with E-state index in [4.69, 9.17) is 0 Å². The number of hydrogen-bond donors (Lipinski definition) is 1. The molecule has 0 spiro atoms. The van der Waals surface area contributed by atoms with Gasteiger partial charge in [0.05, 0.1) is 6.54 Å². The summed E-state index contributed by atoms with van der Waals surface area (Å²) in [4.78, 5) is 26.3. The Hall–Kier alpha value is -1.84. The number of hydrogen-bond acceptors (Lipinski definition) is 2. The van der Waals surface area contributed by atoms with Gasteiger partial charge in [0.2, 0.25) is 11.8 Å². The Morgan fingerprint density at radius 1 is 1.24 bits per heavy atom. The number of nitrogens with one attached hydrogen (secondary N) is 1. The number of carbonyl (C=O) groups excluding carboxylic acids is 2. The molecule has 21 heavy (non-hydrogen) atoms. The van der Waals surface area contributed by atoms with E-state index >= 15 is 0 Å². The van der Waals surface area contributed by atoms with E-state index in [-0.39, 0.29) is 24.4 Å². The van der Waals surface area contributed by atoms with Crippen LogP contribution in [0, 0.1) is 5.92 Å². The van der Waals surface area contributed by atoms with Crippen LogP contribution in [0.5, 0.6) is 0 Å². The van der Waals surface area contributed by atoms with Crippen molar-refractivity contribution in [3.63, 3.8) is 0 Å². The molecule has 4 nitrogen and oxygen atoms in total. The van der Waals surface area contributed by atoms with Crippen LogP contribution in [0.4, 0.5) is 0 Å². The Kier molecular flexibility index (Phi) is 3.95. The Bertz CT molecular complexity index is 525. The summed E-state index contributed by atoms with van der Waals surface area (Å²) in [6.45, 7) is 2.27. The van der Waals surface area contributed by atoms with Crippen molar-refractivity contribution in [3.8, 4) is 0 Å². The second kappa shape index (κ2) is 5.88. The zero-order valence-electron chi connectivity index (χ0n) is 12.4. The van der Waals surface area contributed by atoms with Crippen molar-refractivity contribution in [2.75, 3.05) is 6.54 Å². The average molecular weight is 286 g/mol. The summed E-state index contributed by atoms with van der Waals surface area (Å²) < 4.78 is 0. The highest BCUT2D eigenvalue weighted by Crippen LogP contribution is 2.34. The van der Waals surface area contributed by atoms with Crippen LogP contribution in [0.15, 0.2) is 30.3 Å². The summed E-state index contributed by atoms with van der Waals surface area (Å²) in [5.41, 5.74) is 1.08. The summed E-state index contributed by atoms with van der Waals surface area (Å²) in [5.74, 6) is 0.773. The highest BCUT2D eigenvalue weighted by atomic mass is 16.2. The van der Waals surface area contributed by atoms with E-state index in [1.165, 1.54) is 12.8 Å². The fourth-order valence-corrected chi connectivity index (χ4v) is 3.06. The summed E-state index contributed by atoms with van der Waals surface area (Å²) >= 11 is 0. The number of amides is 2. The fourth-order valence-electron chi connectivity index (χ4n) is 3.06. The lowest BCUT2D eigenvalue weighted by Crippen LogP contribution is -2.60. The summed E-state index contributed by atoms with van der Waals surface area (Å²) in [6, 6.07) is 9.59. The van der Waals surface area contributed by atoms with Gasteiger partial charge in [0, 0.05) is 12.5 Å². The second-order valence-corrected chi connectivity index (χ2v) is 6.30. The second-order valence-electron chi connectivity index (χ2n) is 6.30. The summed E-state index contributed by atoms with van der Waals surface area (Å²) in [6.07, 6.45) is 4.13. The van der Waals surface area contributed by atoms with Crippen molar-refractivity contribution in [3.05, 3.63) is 35.9 Å². The molecule has 1 aromatic carbocycles. The molecule has 0 radical (unpaired) electrons. The highest BCUT2D eigenvalue weighted by Gasteiger charge is 2.36. The molecule has 112 valence electrons. The zero-order chi connectivity index (χ0) is 14.8. The summed E-state index contributed by atoms with van der Waals surface area (Å²) in [5, 5.41) is 2.84. The molecule has 3 rings (SSSR count). The van der Waals surface area contributed by atoms with Crippen molar-refractivity contribution in [1.29, 1.82) is 0 Å². The van der Waals surface area contributed by atoms with Gasteiger partial charge < -0.3 is 10.2 Å². The van der Waals surface area contributed by atoms with Gasteiger partial charge in [-0.05, 0) is 24.8 Å². The zero-order valence-corrected chi connectivity index (χ0v) is 12.4. The van der Waals surface area contributed by atoms with E-state index in [1.807, 2.05) is 30.3 Å². The number of nitrogens with zero attached hydrogens (tertiary/aromatic N) is 1. The number of benzene rings is 1. The Balaban J connectivity index is 1.68. The number of piperazine rings is 1. The van der Waals surface area contributed by atoms with Gasteiger partial charge >= 0.3 is 0 Å². The van der Waals surface area contributed by atoms with Gasteiger partial charge in [0.1, 0.15) is 6.04 Å². The minimum Gasteiger partial charge on any atom is -0.342 e. The maximum atomic E-state index is 12.6. The molecule has 2 fully saturated rings. The first kappa shape index (κ1) is 14.1. The Labute approximate surface area is 125 Å². The molecule has 2 atom stereocenters. The molecular formula is C17H22N2O2. The highest BCUT2D eigenvalue weighted by molar-refractivity contribution is 5.95. The van der Waals surface area contributed by atoms with Crippen molar-refractivity contribution < 1.29 is 9.59 Å². The first-order valence-corrected chi connectivity index (χ1v) is 7.77. The third-order valence-electron chi connectivity index (χ3n) is 4.42. The van der Waals surface area contributed by atoms with Crippen molar-refractivity contribution in [1.82, 2.24) is 10.2 Å². The Morgan fingerprint density at radius 2 is 1.95 bits per heavy atom. The van der Waals surface area contributed by atoms with E-state index in [0.717, 1.165) is 17.9 Å². The Morgan fingerprint density at radius 3 is 2.62 bits per heavy atom. The largest absolute Gasteiger partial charge is 0.342 e. The minimum atomic E-state index is -0.421. The fraction of sp³-hybridized carbons (Fsp3) is 0.529. The van der Waals surface area contributed by atoms with Gasteiger partial charge in [-0.3, -0.25) is 9.59 Å². The van der Waals surface area contributed by atoms with Gasteiger partial charge in [-0.25, -0.2) is 0 Å². The maximum absolute atomic E-state index is 12.6. The molecule has 2 aliphatic rings. The lowest BCUT2D eigenvalue weighted by molar-refractivity contribution is -0.146. The molecular weight excluding hydrogens is 264 g/mol. The van der Waals surface area contributed by atoms with Crippen LogP contribution < -0.4 is 5.32 Å². The molecule has 2 unspecified atom stereocenters. The molecule has 1 aliphatic heterocycles. The molecule has 0 aromatic heterocycles. The lowest BCUT2D eigenvalue weighted by Gasteiger charge is -2.36. The average Bonchev–Trinajstić information content (AvgIpc) is 3.27. The number of carbonyl (C=O) groups is 2. The first-order valence-electron chi connectivity index (χ1n) is 7.77. The van der Waals surface area contributed by atoms with E-state index < -0.39 is 6.04 Å². The van der Waals surface area contributed by atoms with E-state index in [9.17, 15) is 9.59 Å². The SMILES string of the molecule is CC(CC1CC1)N1CC(=O)NC(Cc2ccccc2)C1=O. The first-order chi connectivity index (χ1) is 10.1. The van der Waals surface area contributed by atoms with E-state index in [1.54, 1.807) is 4.90 Å². The molecule has 1 aliphatic carbocycles. The van der Waals surface area contributed by atoms with Crippen LogP contribution >= 0.6 is 0 Å². The normalized spacial score (nSPS) is 23.9. The smallest absolute Gasteiger partial charge is 0.246 e. The third kappa shape index (κ3) is 3.43. The van der Waals surface area contributed by atoms with Crippen LogP contribution in [-0.4, -0.2) is 35.3 Å². The van der Waals surface area contributed by atoms with E-state index in [2.05, 4.69) is 12.2 Å². The maximum Gasteiger partial charge on any atom is 0.246 e. The lowest BCUT2D eigenvalue weighted by atomic mass is 10.0. The minimum absolute atomic E-state index is 0.0434. The predicted octanol–water partition coefficient (Wildman–Crippen LogP) is 1.74. The molecule has 1 heterocycles. The monoisotopic (exact) mass is 286 g/mol. The van der Waals surface area contributed by atoms with Crippen LogP contribution in [0.25, 0.3) is 0 Å². The standard InChI is InChI=1S/C17H22N2O2/c1-12(9-14-7-8-14)19-11-16(20)18-15(17(19)21)10-13-5-3-2-4-6-13/h2-6,12,14-15H,7-11H2,1H3,(H,18,20). The molecule has 0 bridgehead atoms. The predicted molar refractivity (Wildman–Crippen MR) is 80.6 cm³/mol. The van der Waals surface area contributed by atoms with Gasteiger partial charge in [-0.15, -0.1) is 0 Å². The van der Waals surface area contributed by atoms with Crippen LogP contribution in [0.2, 0.25) is 0 Å². The number of rotatable bonds is 5. The van der Waals surface area contributed by atoms with E-state index in [0.29, 0.717) is 6.42 Å². The van der Waals surface area contributed by atoms with Gasteiger partial charge in [0.15, 0.2) is 0 Å². The molecule has 1 N–H and O–H groups in total. The quantitative estimate of drug-likeness (QED) is 0.896. The van der Waals surface area contributed by atoms with Gasteiger partial charge in [-0.2, -0.15) is 0 Å². The van der Waals surface area contributed by atoms with Crippen LogP contribution in [0.1, 0.15) is 31.7 Å². The molecule has 2 amide bonds. The van der Waals surface area contributed by atoms with Gasteiger partial charge in [-0.1, -0.05) is 43.2 Å². The summed E-state index contributed by atoms with van der Waals surface area (Å²) in [7, 11) is 0. The van der Waals surface area contributed by atoms with Gasteiger partial charge in [0.25, 0.3) is 0 Å². The molecule has 1 saturated carbocycles. The molecule has 1 aromatic rings. The van der Waals surface area contributed by atoms with Crippen molar-refractivity contribution in [2.45, 2.75) is 44.7 Å². The molecule has 1 saturated heterocycles. The molecule has 4 heteroatoms. The van der Waals surface area contributed by atoms with Crippen LogP contribution in [0.3, 0.4) is 0 Å². The van der Waals surface area contributed by atoms with Crippen molar-refractivity contribution >= 4 is 11.8 Å². The van der Waals surface area contributed by atoms with Crippen molar-refractivity contribution in [2.24, 2.45) is 5.92 Å².